The van der Waals surface area contributed by atoms with Crippen molar-refractivity contribution < 1.29 is 9.53 Å². The van der Waals surface area contributed by atoms with Gasteiger partial charge in [-0.3, -0.25) is 4.79 Å². The van der Waals surface area contributed by atoms with Crippen LogP contribution in [0.15, 0.2) is 30.3 Å². The summed E-state index contributed by atoms with van der Waals surface area (Å²) < 4.78 is 5.50. The van der Waals surface area contributed by atoms with Crippen molar-refractivity contribution in [2.45, 2.75) is 38.2 Å². The van der Waals surface area contributed by atoms with Crippen LogP contribution in [0.25, 0.3) is 0 Å². The second kappa shape index (κ2) is 5.80. The first kappa shape index (κ1) is 11.3. The molecule has 1 unspecified atom stereocenters. The molecule has 0 bridgehead atoms. The summed E-state index contributed by atoms with van der Waals surface area (Å²) in [6.45, 7) is 0.873. The molecule has 0 aliphatic carbocycles. The highest BCUT2D eigenvalue weighted by atomic mass is 16.5. The molecule has 1 saturated heterocycles. The molecule has 0 amide bonds. The van der Waals surface area contributed by atoms with E-state index in [1.807, 2.05) is 30.3 Å². The molecule has 0 aromatic heterocycles. The predicted molar refractivity (Wildman–Crippen MR) is 63.4 cm³/mol. The molecule has 0 N–H and O–H groups in total. The number of carbonyl (C=O) groups is 1. The molecule has 1 atom stereocenters. The minimum atomic E-state index is 0.321. The van der Waals surface area contributed by atoms with Crippen molar-refractivity contribution in [2.24, 2.45) is 0 Å². The van der Waals surface area contributed by atoms with Crippen LogP contribution in [-0.4, -0.2) is 18.5 Å². The Labute approximate surface area is 96.6 Å². The van der Waals surface area contributed by atoms with Crippen LogP contribution in [0, 0.1) is 0 Å². The molecule has 0 radical (unpaired) electrons. The second-order valence-electron chi connectivity index (χ2n) is 4.37. The smallest absolute Gasteiger partial charge is 0.137 e. The van der Waals surface area contributed by atoms with E-state index in [9.17, 15) is 4.79 Å². The molecular formula is C14H18O2. The first-order valence-corrected chi connectivity index (χ1v) is 6.02. The first-order chi connectivity index (χ1) is 7.84. The van der Waals surface area contributed by atoms with Gasteiger partial charge in [0.05, 0.1) is 6.10 Å². The third-order valence-corrected chi connectivity index (χ3v) is 3.01. The van der Waals surface area contributed by atoms with Crippen molar-refractivity contribution in [3.05, 3.63) is 35.9 Å². The highest BCUT2D eigenvalue weighted by Crippen LogP contribution is 2.17. The van der Waals surface area contributed by atoms with Crippen molar-refractivity contribution in [3.8, 4) is 0 Å². The van der Waals surface area contributed by atoms with E-state index in [4.69, 9.17) is 4.74 Å². The van der Waals surface area contributed by atoms with Gasteiger partial charge in [0.1, 0.15) is 5.78 Å². The van der Waals surface area contributed by atoms with Gasteiger partial charge in [-0.25, -0.2) is 0 Å². The van der Waals surface area contributed by atoms with Gasteiger partial charge in [-0.2, -0.15) is 0 Å². The van der Waals surface area contributed by atoms with E-state index < -0.39 is 0 Å². The molecule has 1 aliphatic rings. The molecule has 2 nitrogen and oxygen atoms in total. The summed E-state index contributed by atoms with van der Waals surface area (Å²) in [5.74, 6) is 0.321. The van der Waals surface area contributed by atoms with Crippen LogP contribution in [0.2, 0.25) is 0 Å². The number of ketones is 1. The summed E-state index contributed by atoms with van der Waals surface area (Å²) in [4.78, 5) is 11.7. The van der Waals surface area contributed by atoms with Crippen LogP contribution >= 0.6 is 0 Å². The van der Waals surface area contributed by atoms with Gasteiger partial charge in [0, 0.05) is 19.4 Å². The van der Waals surface area contributed by atoms with E-state index in [-0.39, 0.29) is 0 Å². The maximum Gasteiger partial charge on any atom is 0.137 e. The summed E-state index contributed by atoms with van der Waals surface area (Å²) >= 11 is 0. The number of ether oxygens (including phenoxy) is 1. The normalized spacial score (nSPS) is 19.9. The Hall–Kier alpha value is -1.15. The van der Waals surface area contributed by atoms with Gasteiger partial charge in [0.25, 0.3) is 0 Å². The minimum Gasteiger partial charge on any atom is -0.378 e. The standard InChI is InChI=1S/C14H18O2/c15-13(8-9-14-7-4-10-16-14)11-12-5-2-1-3-6-12/h1-3,5-6,14H,4,7-11H2. The van der Waals surface area contributed by atoms with Crippen LogP contribution in [0.4, 0.5) is 0 Å². The predicted octanol–water partition coefficient (Wildman–Crippen LogP) is 2.76. The molecule has 1 heterocycles. The largest absolute Gasteiger partial charge is 0.378 e. The van der Waals surface area contributed by atoms with Crippen molar-refractivity contribution >= 4 is 5.78 Å². The average Bonchev–Trinajstić information content (AvgIpc) is 2.81. The Bertz CT molecular complexity index is 326. The maximum atomic E-state index is 11.7. The Kier molecular flexibility index (Phi) is 4.11. The molecule has 1 aromatic rings. The Balaban J connectivity index is 1.72. The number of hydrogen-bond acceptors (Lipinski definition) is 2. The molecule has 2 rings (SSSR count). The monoisotopic (exact) mass is 218 g/mol. The molecule has 1 fully saturated rings. The lowest BCUT2D eigenvalue weighted by atomic mass is 10.0. The molecule has 0 spiro atoms. The molecule has 86 valence electrons. The first-order valence-electron chi connectivity index (χ1n) is 6.02. The van der Waals surface area contributed by atoms with E-state index in [0.29, 0.717) is 24.7 Å². The SMILES string of the molecule is O=C(CCC1CCCO1)Cc1ccccc1. The number of carbonyl (C=O) groups excluding carboxylic acids is 1. The van der Waals surface area contributed by atoms with Crippen LogP contribution < -0.4 is 0 Å². The molecule has 16 heavy (non-hydrogen) atoms. The lowest BCUT2D eigenvalue weighted by molar-refractivity contribution is -0.119. The molecule has 0 saturated carbocycles. The van der Waals surface area contributed by atoms with Crippen molar-refractivity contribution in [3.63, 3.8) is 0 Å². The van der Waals surface area contributed by atoms with Gasteiger partial charge >= 0.3 is 0 Å². The molecule has 2 heteroatoms. The summed E-state index contributed by atoms with van der Waals surface area (Å²) in [5, 5.41) is 0. The van der Waals surface area contributed by atoms with Crippen LogP contribution in [-0.2, 0) is 16.0 Å². The fraction of sp³-hybridized carbons (Fsp3) is 0.500. The topological polar surface area (TPSA) is 26.3 Å². The lowest BCUT2D eigenvalue weighted by Crippen LogP contribution is -2.10. The number of hydrogen-bond donors (Lipinski definition) is 0. The Morgan fingerprint density at radius 1 is 1.31 bits per heavy atom. The summed E-state index contributed by atoms with van der Waals surface area (Å²) in [6.07, 6.45) is 4.72. The highest BCUT2D eigenvalue weighted by molar-refractivity contribution is 5.80. The fourth-order valence-corrected chi connectivity index (χ4v) is 2.11. The lowest BCUT2D eigenvalue weighted by Gasteiger charge is -2.07. The van der Waals surface area contributed by atoms with Gasteiger partial charge in [-0.1, -0.05) is 30.3 Å². The fourth-order valence-electron chi connectivity index (χ4n) is 2.11. The van der Waals surface area contributed by atoms with E-state index >= 15 is 0 Å². The van der Waals surface area contributed by atoms with Crippen molar-refractivity contribution in [2.75, 3.05) is 6.61 Å². The van der Waals surface area contributed by atoms with E-state index in [1.54, 1.807) is 0 Å². The molecular weight excluding hydrogens is 200 g/mol. The summed E-state index contributed by atoms with van der Waals surface area (Å²) in [7, 11) is 0. The zero-order valence-corrected chi connectivity index (χ0v) is 9.52. The van der Waals surface area contributed by atoms with Gasteiger partial charge < -0.3 is 4.74 Å². The third kappa shape index (κ3) is 3.46. The quantitative estimate of drug-likeness (QED) is 0.759. The maximum absolute atomic E-state index is 11.7. The van der Waals surface area contributed by atoms with Gasteiger partial charge in [-0.15, -0.1) is 0 Å². The summed E-state index contributed by atoms with van der Waals surface area (Å²) in [5.41, 5.74) is 1.11. The highest BCUT2D eigenvalue weighted by Gasteiger charge is 2.16. The molecule has 1 aromatic carbocycles. The van der Waals surface area contributed by atoms with Crippen molar-refractivity contribution in [1.29, 1.82) is 0 Å². The number of rotatable bonds is 5. The van der Waals surface area contributed by atoms with Crippen LogP contribution in [0.5, 0.6) is 0 Å². The van der Waals surface area contributed by atoms with Gasteiger partial charge in [0.2, 0.25) is 0 Å². The van der Waals surface area contributed by atoms with E-state index in [0.717, 1.165) is 31.4 Å². The molecule has 1 aliphatic heterocycles. The number of Topliss-reactive ketones (excluding diaryl/α,β-unsaturated/α-hetero) is 1. The minimum absolute atomic E-state index is 0.321. The third-order valence-electron chi connectivity index (χ3n) is 3.01. The zero-order valence-electron chi connectivity index (χ0n) is 9.52. The van der Waals surface area contributed by atoms with Crippen molar-refractivity contribution in [1.82, 2.24) is 0 Å². The van der Waals surface area contributed by atoms with Crippen LogP contribution in [0.3, 0.4) is 0 Å². The second-order valence-corrected chi connectivity index (χ2v) is 4.37. The van der Waals surface area contributed by atoms with E-state index in [2.05, 4.69) is 0 Å². The van der Waals surface area contributed by atoms with Gasteiger partial charge in [-0.05, 0) is 24.8 Å². The average molecular weight is 218 g/mol. The summed E-state index contributed by atoms with van der Waals surface area (Å²) in [6, 6.07) is 9.93. The van der Waals surface area contributed by atoms with Crippen LogP contribution in [0.1, 0.15) is 31.2 Å². The number of benzene rings is 1. The van der Waals surface area contributed by atoms with Gasteiger partial charge in [0.15, 0.2) is 0 Å². The Morgan fingerprint density at radius 3 is 2.81 bits per heavy atom. The zero-order chi connectivity index (χ0) is 11.2. The van der Waals surface area contributed by atoms with E-state index in [1.165, 1.54) is 0 Å². The Morgan fingerprint density at radius 2 is 2.12 bits per heavy atom.